The van der Waals surface area contributed by atoms with Crippen LogP contribution in [0.15, 0.2) is 59.7 Å². The average Bonchev–Trinajstić information content (AvgIpc) is 3.10. The van der Waals surface area contributed by atoms with Crippen molar-refractivity contribution in [1.29, 1.82) is 0 Å². The number of sulfonamides is 1. The first kappa shape index (κ1) is 20.1. The molecule has 0 atom stereocenters. The maximum Gasteiger partial charge on any atom is 0.271 e. The van der Waals surface area contributed by atoms with Crippen LogP contribution in [0, 0.1) is 0 Å². The topological polar surface area (TPSA) is 99.2 Å². The van der Waals surface area contributed by atoms with Crippen molar-refractivity contribution < 1.29 is 18.0 Å². The Morgan fingerprint density at radius 1 is 1.03 bits per heavy atom. The number of anilines is 2. The summed E-state index contributed by atoms with van der Waals surface area (Å²) in [6, 6.07) is 16.1. The Hall–Kier alpha value is -3.20. The standard InChI is InChI=1S/C21H22N4O4S/c26-20-12-11-19(23-24(20)15-16-5-2-1-3-6-16)21(27)22-17-7-9-18(10-8-17)25-13-4-14-30(25,28)29/h1-3,5-10H,4,11-15H2,(H,22,27). The molecular formula is C21H22N4O4S. The predicted molar refractivity (Wildman–Crippen MR) is 114 cm³/mol. The van der Waals surface area contributed by atoms with E-state index in [1.165, 1.54) is 9.31 Å². The van der Waals surface area contributed by atoms with Crippen molar-refractivity contribution in [2.75, 3.05) is 21.9 Å². The molecule has 2 heterocycles. The van der Waals surface area contributed by atoms with Crippen LogP contribution in [0.25, 0.3) is 0 Å². The van der Waals surface area contributed by atoms with E-state index in [1.54, 1.807) is 24.3 Å². The fourth-order valence-corrected chi connectivity index (χ4v) is 5.05. The Morgan fingerprint density at radius 3 is 2.43 bits per heavy atom. The summed E-state index contributed by atoms with van der Waals surface area (Å²) in [6.45, 7) is 0.783. The van der Waals surface area contributed by atoms with Crippen molar-refractivity contribution in [3.63, 3.8) is 0 Å². The first-order chi connectivity index (χ1) is 14.4. The van der Waals surface area contributed by atoms with E-state index < -0.39 is 10.0 Å². The molecule has 0 aliphatic carbocycles. The monoisotopic (exact) mass is 426 g/mol. The van der Waals surface area contributed by atoms with Crippen molar-refractivity contribution in [1.82, 2.24) is 5.01 Å². The number of nitrogens with one attached hydrogen (secondary N) is 1. The van der Waals surface area contributed by atoms with Gasteiger partial charge in [0.1, 0.15) is 5.71 Å². The van der Waals surface area contributed by atoms with Gasteiger partial charge < -0.3 is 5.32 Å². The molecule has 0 unspecified atom stereocenters. The molecule has 1 fully saturated rings. The number of hydrazone groups is 1. The zero-order valence-corrected chi connectivity index (χ0v) is 17.1. The number of benzene rings is 2. The van der Waals surface area contributed by atoms with Crippen molar-refractivity contribution in [3.8, 4) is 0 Å². The van der Waals surface area contributed by atoms with E-state index in [-0.39, 0.29) is 36.1 Å². The van der Waals surface area contributed by atoms with Crippen LogP contribution < -0.4 is 9.62 Å². The first-order valence-electron chi connectivity index (χ1n) is 9.76. The minimum atomic E-state index is -3.24. The van der Waals surface area contributed by atoms with E-state index in [9.17, 15) is 18.0 Å². The Morgan fingerprint density at radius 2 is 1.77 bits per heavy atom. The van der Waals surface area contributed by atoms with E-state index in [0.29, 0.717) is 30.9 Å². The maximum absolute atomic E-state index is 12.6. The van der Waals surface area contributed by atoms with Crippen LogP contribution >= 0.6 is 0 Å². The Labute approximate surface area is 175 Å². The van der Waals surface area contributed by atoms with Crippen LogP contribution in [0.1, 0.15) is 24.8 Å². The van der Waals surface area contributed by atoms with Gasteiger partial charge >= 0.3 is 0 Å². The summed E-state index contributed by atoms with van der Waals surface area (Å²) in [7, 11) is -3.24. The quantitative estimate of drug-likeness (QED) is 0.793. The molecular weight excluding hydrogens is 404 g/mol. The van der Waals surface area contributed by atoms with Crippen LogP contribution in [0.4, 0.5) is 11.4 Å². The minimum Gasteiger partial charge on any atom is -0.321 e. The number of hydrogen-bond acceptors (Lipinski definition) is 5. The van der Waals surface area contributed by atoms with E-state index in [1.807, 2.05) is 30.3 Å². The van der Waals surface area contributed by atoms with Crippen molar-refractivity contribution in [2.45, 2.75) is 25.8 Å². The summed E-state index contributed by atoms with van der Waals surface area (Å²) in [5.41, 5.74) is 2.34. The van der Waals surface area contributed by atoms with Crippen LogP contribution in [-0.4, -0.2) is 43.3 Å². The van der Waals surface area contributed by atoms with Gasteiger partial charge in [0.25, 0.3) is 5.91 Å². The van der Waals surface area contributed by atoms with Gasteiger partial charge in [-0.05, 0) is 36.2 Å². The number of carbonyl (C=O) groups excluding carboxylic acids is 2. The lowest BCUT2D eigenvalue weighted by Crippen LogP contribution is -2.36. The molecule has 156 valence electrons. The third kappa shape index (κ3) is 4.35. The molecule has 0 bridgehead atoms. The van der Waals surface area contributed by atoms with Gasteiger partial charge in [0, 0.05) is 25.1 Å². The summed E-state index contributed by atoms with van der Waals surface area (Å²) in [6.07, 6.45) is 1.11. The van der Waals surface area contributed by atoms with Gasteiger partial charge in [-0.15, -0.1) is 0 Å². The second-order valence-electron chi connectivity index (χ2n) is 7.23. The van der Waals surface area contributed by atoms with Gasteiger partial charge in [0.2, 0.25) is 15.9 Å². The smallest absolute Gasteiger partial charge is 0.271 e. The molecule has 8 nitrogen and oxygen atoms in total. The van der Waals surface area contributed by atoms with E-state index in [4.69, 9.17) is 0 Å². The zero-order chi connectivity index (χ0) is 21.1. The lowest BCUT2D eigenvalue weighted by atomic mass is 10.1. The summed E-state index contributed by atoms with van der Waals surface area (Å²) in [4.78, 5) is 24.8. The summed E-state index contributed by atoms with van der Waals surface area (Å²) < 4.78 is 25.4. The highest BCUT2D eigenvalue weighted by atomic mass is 32.2. The predicted octanol–water partition coefficient (Wildman–Crippen LogP) is 2.34. The molecule has 1 saturated heterocycles. The molecule has 2 aromatic carbocycles. The third-order valence-corrected chi connectivity index (χ3v) is 6.92. The molecule has 2 aliphatic heterocycles. The number of nitrogens with zero attached hydrogens (tertiary/aromatic N) is 3. The Kier molecular flexibility index (Phi) is 5.54. The van der Waals surface area contributed by atoms with Crippen molar-refractivity contribution in [3.05, 3.63) is 60.2 Å². The molecule has 0 aromatic heterocycles. The molecule has 1 N–H and O–H groups in total. The minimum absolute atomic E-state index is 0.119. The lowest BCUT2D eigenvalue weighted by Gasteiger charge is -2.23. The van der Waals surface area contributed by atoms with Gasteiger partial charge in [0.15, 0.2) is 0 Å². The SMILES string of the molecule is O=C(Nc1ccc(N2CCCS2(=O)=O)cc1)C1=NN(Cc2ccccc2)C(=O)CC1. The zero-order valence-electron chi connectivity index (χ0n) is 16.3. The van der Waals surface area contributed by atoms with Gasteiger partial charge in [-0.3, -0.25) is 13.9 Å². The molecule has 30 heavy (non-hydrogen) atoms. The highest BCUT2D eigenvalue weighted by Crippen LogP contribution is 2.25. The fourth-order valence-electron chi connectivity index (χ4n) is 3.49. The average molecular weight is 426 g/mol. The number of hydrogen-bond donors (Lipinski definition) is 1. The van der Waals surface area contributed by atoms with Gasteiger partial charge in [-0.1, -0.05) is 30.3 Å². The maximum atomic E-state index is 12.6. The van der Waals surface area contributed by atoms with Gasteiger partial charge in [-0.25, -0.2) is 13.4 Å². The third-order valence-electron chi connectivity index (χ3n) is 5.05. The highest BCUT2D eigenvalue weighted by Gasteiger charge is 2.28. The van der Waals surface area contributed by atoms with Crippen LogP contribution in [0.2, 0.25) is 0 Å². The largest absolute Gasteiger partial charge is 0.321 e. The summed E-state index contributed by atoms with van der Waals surface area (Å²) in [5, 5.41) is 8.36. The summed E-state index contributed by atoms with van der Waals surface area (Å²) in [5.74, 6) is -0.336. The second-order valence-corrected chi connectivity index (χ2v) is 9.24. The van der Waals surface area contributed by atoms with Crippen molar-refractivity contribution in [2.24, 2.45) is 5.10 Å². The van der Waals surface area contributed by atoms with E-state index >= 15 is 0 Å². The van der Waals surface area contributed by atoms with Gasteiger partial charge in [-0.2, -0.15) is 5.10 Å². The molecule has 0 radical (unpaired) electrons. The Balaban J connectivity index is 1.44. The molecule has 2 aliphatic rings. The number of amides is 2. The molecule has 0 spiro atoms. The number of rotatable bonds is 5. The molecule has 9 heteroatoms. The second kappa shape index (κ2) is 8.27. The molecule has 4 rings (SSSR count). The molecule has 0 saturated carbocycles. The van der Waals surface area contributed by atoms with Crippen LogP contribution in [-0.2, 0) is 26.2 Å². The Bertz CT molecular complexity index is 1080. The molecule has 2 aromatic rings. The molecule has 2 amide bonds. The van der Waals surface area contributed by atoms with Crippen LogP contribution in [0.3, 0.4) is 0 Å². The summed E-state index contributed by atoms with van der Waals surface area (Å²) >= 11 is 0. The van der Waals surface area contributed by atoms with E-state index in [0.717, 1.165) is 5.56 Å². The number of carbonyl (C=O) groups is 2. The normalized spacial score (nSPS) is 18.3. The highest BCUT2D eigenvalue weighted by molar-refractivity contribution is 7.93. The van der Waals surface area contributed by atoms with Crippen LogP contribution in [0.5, 0.6) is 0 Å². The lowest BCUT2D eigenvalue weighted by molar-refractivity contribution is -0.132. The van der Waals surface area contributed by atoms with Gasteiger partial charge in [0.05, 0.1) is 18.0 Å². The van der Waals surface area contributed by atoms with E-state index in [2.05, 4.69) is 10.4 Å². The van der Waals surface area contributed by atoms with Crippen molar-refractivity contribution >= 4 is 38.9 Å². The first-order valence-corrected chi connectivity index (χ1v) is 11.4. The fraction of sp³-hybridized carbons (Fsp3) is 0.286.